The van der Waals surface area contributed by atoms with Crippen LogP contribution in [0.3, 0.4) is 0 Å². The van der Waals surface area contributed by atoms with Crippen molar-refractivity contribution in [1.29, 1.82) is 5.26 Å². The number of benzene rings is 1. The summed E-state index contributed by atoms with van der Waals surface area (Å²) in [5, 5.41) is 8.98. The molecule has 1 heterocycles. The van der Waals surface area contributed by atoms with E-state index in [2.05, 4.69) is 11.0 Å². The fraction of sp³-hybridized carbons (Fsp3) is 0.385. The molecule has 0 radical (unpaired) electrons. The van der Waals surface area contributed by atoms with Gasteiger partial charge in [0.1, 0.15) is 5.54 Å². The molecule has 1 atom stereocenters. The fourth-order valence-corrected chi connectivity index (χ4v) is 2.07. The second kappa shape index (κ2) is 4.19. The molecule has 1 fully saturated rings. The first-order valence-electron chi connectivity index (χ1n) is 5.60. The molecule has 0 aliphatic carbocycles. The first-order chi connectivity index (χ1) is 8.04. The Labute approximate surface area is 101 Å². The number of ketones is 1. The molecule has 0 spiro atoms. The minimum atomic E-state index is -0.758. The number of nitrogens with zero attached hydrogens (tertiary/aromatic N) is 2. The predicted octanol–water partition coefficient (Wildman–Crippen LogP) is 1.32. The highest BCUT2D eigenvalue weighted by Crippen LogP contribution is 2.25. The molecule has 1 aliphatic heterocycles. The van der Waals surface area contributed by atoms with Gasteiger partial charge in [-0.2, -0.15) is 5.26 Å². The third-order valence-corrected chi connectivity index (χ3v) is 3.14. The van der Waals surface area contributed by atoms with Gasteiger partial charge in [0.25, 0.3) is 0 Å². The lowest BCUT2D eigenvalue weighted by molar-refractivity contribution is 0.101. The van der Waals surface area contributed by atoms with Gasteiger partial charge in [-0.3, -0.25) is 4.79 Å². The SMILES string of the molecule is CC(=O)c1cccc(N2CCC(N)(C#N)C2)c1. The van der Waals surface area contributed by atoms with Crippen LogP contribution in [0.1, 0.15) is 23.7 Å². The van der Waals surface area contributed by atoms with Crippen molar-refractivity contribution in [2.24, 2.45) is 5.73 Å². The van der Waals surface area contributed by atoms with Crippen LogP contribution < -0.4 is 10.6 Å². The largest absolute Gasteiger partial charge is 0.368 e. The van der Waals surface area contributed by atoms with Gasteiger partial charge in [0.15, 0.2) is 5.78 Å². The van der Waals surface area contributed by atoms with Gasteiger partial charge in [0, 0.05) is 24.3 Å². The highest BCUT2D eigenvalue weighted by Gasteiger charge is 2.34. The first kappa shape index (κ1) is 11.6. The maximum atomic E-state index is 11.3. The third-order valence-electron chi connectivity index (χ3n) is 3.14. The predicted molar refractivity (Wildman–Crippen MR) is 65.8 cm³/mol. The Hall–Kier alpha value is -1.86. The van der Waals surface area contributed by atoms with Gasteiger partial charge in [0.2, 0.25) is 0 Å². The summed E-state index contributed by atoms with van der Waals surface area (Å²) in [6.07, 6.45) is 0.661. The van der Waals surface area contributed by atoms with Crippen LogP contribution in [0.25, 0.3) is 0 Å². The zero-order valence-electron chi connectivity index (χ0n) is 9.81. The average Bonchev–Trinajstić information content (AvgIpc) is 2.73. The maximum Gasteiger partial charge on any atom is 0.159 e. The second-order valence-corrected chi connectivity index (χ2v) is 4.55. The number of rotatable bonds is 2. The minimum Gasteiger partial charge on any atom is -0.368 e. The van der Waals surface area contributed by atoms with Gasteiger partial charge in [0.05, 0.1) is 6.07 Å². The number of carbonyl (C=O) groups excluding carboxylic acids is 1. The van der Waals surface area contributed by atoms with E-state index < -0.39 is 5.54 Å². The van der Waals surface area contributed by atoms with Gasteiger partial charge < -0.3 is 10.6 Å². The van der Waals surface area contributed by atoms with E-state index in [1.165, 1.54) is 0 Å². The van der Waals surface area contributed by atoms with Crippen LogP contribution in [-0.2, 0) is 0 Å². The molecule has 0 amide bonds. The summed E-state index contributed by atoms with van der Waals surface area (Å²) >= 11 is 0. The molecule has 1 unspecified atom stereocenters. The number of Topliss-reactive ketones (excluding diaryl/α,β-unsaturated/α-hetero) is 1. The van der Waals surface area contributed by atoms with Crippen LogP contribution in [0.5, 0.6) is 0 Å². The normalized spacial score (nSPS) is 23.5. The number of carbonyl (C=O) groups is 1. The van der Waals surface area contributed by atoms with Crippen LogP contribution in [0.15, 0.2) is 24.3 Å². The van der Waals surface area contributed by atoms with Crippen molar-refractivity contribution in [2.75, 3.05) is 18.0 Å². The molecule has 0 bridgehead atoms. The lowest BCUT2D eigenvalue weighted by Gasteiger charge is -2.20. The van der Waals surface area contributed by atoms with E-state index in [1.807, 2.05) is 18.2 Å². The highest BCUT2D eigenvalue weighted by molar-refractivity contribution is 5.95. The van der Waals surface area contributed by atoms with E-state index >= 15 is 0 Å². The van der Waals surface area contributed by atoms with E-state index in [9.17, 15) is 4.79 Å². The van der Waals surface area contributed by atoms with Crippen molar-refractivity contribution in [3.8, 4) is 6.07 Å². The van der Waals surface area contributed by atoms with E-state index in [1.54, 1.807) is 13.0 Å². The van der Waals surface area contributed by atoms with Crippen LogP contribution in [-0.4, -0.2) is 24.4 Å². The Morgan fingerprint density at radius 2 is 2.35 bits per heavy atom. The molecular formula is C13H15N3O. The lowest BCUT2D eigenvalue weighted by atomic mass is 10.0. The van der Waals surface area contributed by atoms with Crippen LogP contribution in [0.2, 0.25) is 0 Å². The zero-order chi connectivity index (χ0) is 12.5. The maximum absolute atomic E-state index is 11.3. The summed E-state index contributed by atoms with van der Waals surface area (Å²) in [6.45, 7) is 2.82. The van der Waals surface area contributed by atoms with Gasteiger partial charge in [-0.05, 0) is 25.5 Å². The van der Waals surface area contributed by atoms with Crippen molar-refractivity contribution in [3.63, 3.8) is 0 Å². The van der Waals surface area contributed by atoms with Crippen molar-refractivity contribution in [2.45, 2.75) is 18.9 Å². The smallest absolute Gasteiger partial charge is 0.159 e. The van der Waals surface area contributed by atoms with Crippen LogP contribution >= 0.6 is 0 Å². The number of nitriles is 1. The zero-order valence-corrected chi connectivity index (χ0v) is 9.81. The van der Waals surface area contributed by atoms with E-state index in [0.29, 0.717) is 18.5 Å². The number of nitrogens with two attached hydrogens (primary N) is 1. The third kappa shape index (κ3) is 2.29. The highest BCUT2D eigenvalue weighted by atomic mass is 16.1. The molecule has 1 aliphatic rings. The Morgan fingerprint density at radius 1 is 1.59 bits per heavy atom. The fourth-order valence-electron chi connectivity index (χ4n) is 2.07. The molecule has 88 valence electrons. The van der Waals surface area contributed by atoms with Crippen molar-refractivity contribution in [1.82, 2.24) is 0 Å². The molecule has 1 saturated heterocycles. The lowest BCUT2D eigenvalue weighted by Crippen LogP contribution is -2.41. The van der Waals surface area contributed by atoms with Gasteiger partial charge in [-0.25, -0.2) is 0 Å². The van der Waals surface area contributed by atoms with E-state index in [0.717, 1.165) is 12.2 Å². The molecule has 17 heavy (non-hydrogen) atoms. The minimum absolute atomic E-state index is 0.0466. The number of hydrogen-bond acceptors (Lipinski definition) is 4. The summed E-state index contributed by atoms with van der Waals surface area (Å²) in [4.78, 5) is 13.4. The van der Waals surface area contributed by atoms with Crippen LogP contribution in [0, 0.1) is 11.3 Å². The monoisotopic (exact) mass is 229 g/mol. The standard InChI is InChI=1S/C13H15N3O/c1-10(17)11-3-2-4-12(7-11)16-6-5-13(15,8-14)9-16/h2-4,7H,5-6,9,15H2,1H3. The Morgan fingerprint density at radius 3 is 2.94 bits per heavy atom. The summed E-state index contributed by atoms with van der Waals surface area (Å²) in [5.41, 5.74) is 6.80. The first-order valence-corrected chi connectivity index (χ1v) is 5.60. The average molecular weight is 229 g/mol. The van der Waals surface area contributed by atoms with Crippen molar-refractivity contribution in [3.05, 3.63) is 29.8 Å². The van der Waals surface area contributed by atoms with Crippen LogP contribution in [0.4, 0.5) is 5.69 Å². The topological polar surface area (TPSA) is 70.1 Å². The van der Waals surface area contributed by atoms with Gasteiger partial charge >= 0.3 is 0 Å². The molecule has 4 heteroatoms. The molecule has 2 N–H and O–H groups in total. The molecule has 2 rings (SSSR count). The van der Waals surface area contributed by atoms with Crippen molar-refractivity contribution < 1.29 is 4.79 Å². The van der Waals surface area contributed by atoms with Gasteiger partial charge in [-0.15, -0.1) is 0 Å². The quantitative estimate of drug-likeness (QED) is 0.776. The van der Waals surface area contributed by atoms with E-state index in [4.69, 9.17) is 11.0 Å². The van der Waals surface area contributed by atoms with Crippen molar-refractivity contribution >= 4 is 11.5 Å². The molecule has 4 nitrogen and oxygen atoms in total. The molecule has 1 aromatic rings. The second-order valence-electron chi connectivity index (χ2n) is 4.55. The molecule has 0 aromatic heterocycles. The summed E-state index contributed by atoms with van der Waals surface area (Å²) < 4.78 is 0. The Bertz CT molecular complexity index is 492. The molecular weight excluding hydrogens is 214 g/mol. The molecule has 0 saturated carbocycles. The van der Waals surface area contributed by atoms with E-state index in [-0.39, 0.29) is 5.78 Å². The van der Waals surface area contributed by atoms with Gasteiger partial charge in [-0.1, -0.05) is 12.1 Å². The molecule has 1 aromatic carbocycles. The summed E-state index contributed by atoms with van der Waals surface area (Å²) in [6, 6.07) is 9.59. The number of hydrogen-bond donors (Lipinski definition) is 1. The number of anilines is 1. The Kier molecular flexibility index (Phi) is 2.86. The summed E-state index contributed by atoms with van der Waals surface area (Å²) in [7, 11) is 0. The summed E-state index contributed by atoms with van der Waals surface area (Å²) in [5.74, 6) is 0.0466. The Balaban J connectivity index is 2.23.